The van der Waals surface area contributed by atoms with Gasteiger partial charge in [0.15, 0.2) is 0 Å². The maximum Gasteiger partial charge on any atom is 0.119 e. The van der Waals surface area contributed by atoms with E-state index < -0.39 is 0 Å². The van der Waals surface area contributed by atoms with Gasteiger partial charge in [-0.05, 0) is 35.4 Å². The minimum atomic E-state index is 0.889. The number of aromatic amines is 1. The number of nitrogens with one attached hydrogen (secondary N) is 1. The van der Waals surface area contributed by atoms with E-state index in [-0.39, 0.29) is 0 Å². The lowest BCUT2D eigenvalue weighted by Crippen LogP contribution is -1.88. The third-order valence-electron chi connectivity index (χ3n) is 3.31. The number of fused-ring (bicyclic) bond motifs is 1. The molecule has 96 valence electrons. The van der Waals surface area contributed by atoms with Crippen molar-refractivity contribution in [1.82, 2.24) is 4.98 Å². The number of hydrogen-bond donors (Lipinski definition) is 1. The second-order valence-electron chi connectivity index (χ2n) is 4.49. The van der Waals surface area contributed by atoms with Crippen LogP contribution in [0.4, 0.5) is 0 Å². The molecular formula is C16H14BrNO. The molecule has 0 radical (unpaired) electrons. The van der Waals surface area contributed by atoms with Gasteiger partial charge in [-0.1, -0.05) is 34.1 Å². The Bertz CT molecular complexity index is 718. The second-order valence-corrected chi connectivity index (χ2v) is 5.35. The molecule has 0 spiro atoms. The highest BCUT2D eigenvalue weighted by atomic mass is 79.9. The lowest BCUT2D eigenvalue weighted by Gasteiger charge is -2.04. The van der Waals surface area contributed by atoms with E-state index in [0.717, 1.165) is 22.2 Å². The summed E-state index contributed by atoms with van der Waals surface area (Å²) >= 11 is 3.60. The van der Waals surface area contributed by atoms with Crippen molar-refractivity contribution in [3.05, 3.63) is 64.3 Å². The first-order valence-corrected chi connectivity index (χ1v) is 6.94. The monoisotopic (exact) mass is 315 g/mol. The van der Waals surface area contributed by atoms with E-state index in [2.05, 4.69) is 57.4 Å². The molecule has 2 aromatic carbocycles. The predicted molar refractivity (Wildman–Crippen MR) is 81.8 cm³/mol. The highest BCUT2D eigenvalue weighted by molar-refractivity contribution is 9.10. The van der Waals surface area contributed by atoms with Gasteiger partial charge in [0.05, 0.1) is 7.11 Å². The minimum Gasteiger partial charge on any atom is -0.497 e. The fourth-order valence-electron chi connectivity index (χ4n) is 2.28. The van der Waals surface area contributed by atoms with Crippen molar-refractivity contribution in [1.29, 1.82) is 0 Å². The van der Waals surface area contributed by atoms with E-state index in [4.69, 9.17) is 4.74 Å². The van der Waals surface area contributed by atoms with Crippen LogP contribution in [0.1, 0.15) is 11.1 Å². The molecule has 0 bridgehead atoms. The summed E-state index contributed by atoms with van der Waals surface area (Å²) in [6.45, 7) is 0. The Morgan fingerprint density at radius 1 is 1.11 bits per heavy atom. The van der Waals surface area contributed by atoms with Crippen LogP contribution in [0.25, 0.3) is 10.9 Å². The van der Waals surface area contributed by atoms with Crippen LogP contribution in [0.15, 0.2) is 53.1 Å². The largest absolute Gasteiger partial charge is 0.497 e. The van der Waals surface area contributed by atoms with Crippen molar-refractivity contribution in [2.24, 2.45) is 0 Å². The molecule has 0 amide bonds. The maximum atomic E-state index is 5.30. The molecule has 1 aromatic heterocycles. The molecule has 3 heteroatoms. The van der Waals surface area contributed by atoms with Crippen LogP contribution >= 0.6 is 15.9 Å². The first-order chi connectivity index (χ1) is 9.28. The molecule has 2 nitrogen and oxygen atoms in total. The van der Waals surface area contributed by atoms with E-state index in [1.165, 1.54) is 16.5 Å². The Balaban J connectivity index is 2.03. The van der Waals surface area contributed by atoms with Gasteiger partial charge in [-0.25, -0.2) is 0 Å². The van der Waals surface area contributed by atoms with Crippen LogP contribution in [0.3, 0.4) is 0 Å². The average Bonchev–Trinajstić information content (AvgIpc) is 2.84. The van der Waals surface area contributed by atoms with E-state index in [1.54, 1.807) is 7.11 Å². The molecule has 0 atom stereocenters. The lowest BCUT2D eigenvalue weighted by molar-refractivity contribution is 0.415. The van der Waals surface area contributed by atoms with Gasteiger partial charge in [-0.2, -0.15) is 0 Å². The number of hydrogen-bond acceptors (Lipinski definition) is 1. The van der Waals surface area contributed by atoms with Gasteiger partial charge in [0, 0.05) is 28.0 Å². The molecule has 0 fully saturated rings. The smallest absolute Gasteiger partial charge is 0.119 e. The number of rotatable bonds is 3. The summed E-state index contributed by atoms with van der Waals surface area (Å²) in [7, 11) is 1.70. The Morgan fingerprint density at radius 3 is 2.74 bits per heavy atom. The van der Waals surface area contributed by atoms with Crippen LogP contribution in [-0.2, 0) is 6.42 Å². The van der Waals surface area contributed by atoms with Gasteiger partial charge in [0.2, 0.25) is 0 Å². The predicted octanol–water partition coefficient (Wildman–Crippen LogP) is 4.53. The number of halogens is 1. The molecule has 0 saturated carbocycles. The summed E-state index contributed by atoms with van der Waals surface area (Å²) in [5, 5.41) is 1.22. The van der Waals surface area contributed by atoms with Crippen molar-refractivity contribution in [3.63, 3.8) is 0 Å². The van der Waals surface area contributed by atoms with Crippen LogP contribution in [0.5, 0.6) is 5.75 Å². The molecule has 1 heterocycles. The second kappa shape index (κ2) is 5.10. The summed E-state index contributed by atoms with van der Waals surface area (Å²) in [6, 6.07) is 14.4. The van der Waals surface area contributed by atoms with E-state index >= 15 is 0 Å². The van der Waals surface area contributed by atoms with Gasteiger partial charge >= 0.3 is 0 Å². The normalized spacial score (nSPS) is 10.8. The van der Waals surface area contributed by atoms with E-state index in [1.807, 2.05) is 12.1 Å². The minimum absolute atomic E-state index is 0.889. The van der Waals surface area contributed by atoms with Crippen LogP contribution in [0.2, 0.25) is 0 Å². The number of aromatic nitrogens is 1. The fourth-order valence-corrected chi connectivity index (χ4v) is 2.70. The Labute approximate surface area is 120 Å². The molecule has 0 aliphatic heterocycles. The van der Waals surface area contributed by atoms with Gasteiger partial charge in [-0.3, -0.25) is 0 Å². The van der Waals surface area contributed by atoms with E-state index in [0.29, 0.717) is 0 Å². The highest BCUT2D eigenvalue weighted by Gasteiger charge is 2.07. The third kappa shape index (κ3) is 2.38. The molecular weight excluding hydrogens is 302 g/mol. The molecule has 3 aromatic rings. The molecule has 19 heavy (non-hydrogen) atoms. The first-order valence-electron chi connectivity index (χ1n) is 6.15. The summed E-state index contributed by atoms with van der Waals surface area (Å²) in [5.41, 5.74) is 3.70. The third-order valence-corrected chi connectivity index (χ3v) is 4.09. The number of benzene rings is 2. The molecule has 3 rings (SSSR count). The summed E-state index contributed by atoms with van der Waals surface area (Å²) < 4.78 is 6.44. The van der Waals surface area contributed by atoms with Crippen molar-refractivity contribution in [2.75, 3.05) is 7.11 Å². The van der Waals surface area contributed by atoms with Gasteiger partial charge in [0.1, 0.15) is 5.75 Å². The Kier molecular flexibility index (Phi) is 3.30. The Morgan fingerprint density at radius 2 is 1.95 bits per heavy atom. The molecule has 0 unspecified atom stereocenters. The first kappa shape index (κ1) is 12.3. The summed E-state index contributed by atoms with van der Waals surface area (Å²) in [6.07, 6.45) is 2.97. The molecule has 1 N–H and O–H groups in total. The van der Waals surface area contributed by atoms with Crippen LogP contribution in [-0.4, -0.2) is 12.1 Å². The van der Waals surface area contributed by atoms with E-state index in [9.17, 15) is 0 Å². The van der Waals surface area contributed by atoms with Gasteiger partial charge in [0.25, 0.3) is 0 Å². The van der Waals surface area contributed by atoms with Gasteiger partial charge in [-0.15, -0.1) is 0 Å². The SMILES string of the molecule is COc1ccc2[nH]cc(Cc3ccccc3Br)c2c1. The summed E-state index contributed by atoms with van der Waals surface area (Å²) in [5.74, 6) is 0.889. The highest BCUT2D eigenvalue weighted by Crippen LogP contribution is 2.27. The number of methoxy groups -OCH3 is 1. The number of H-pyrrole nitrogens is 1. The van der Waals surface area contributed by atoms with Crippen LogP contribution < -0.4 is 4.74 Å². The van der Waals surface area contributed by atoms with Crippen molar-refractivity contribution in [3.8, 4) is 5.75 Å². The molecule has 0 saturated heterocycles. The zero-order valence-electron chi connectivity index (χ0n) is 10.6. The maximum absolute atomic E-state index is 5.30. The summed E-state index contributed by atoms with van der Waals surface area (Å²) in [4.78, 5) is 3.31. The van der Waals surface area contributed by atoms with Gasteiger partial charge < -0.3 is 9.72 Å². The van der Waals surface area contributed by atoms with Crippen molar-refractivity contribution < 1.29 is 4.74 Å². The Hall–Kier alpha value is -1.74. The lowest BCUT2D eigenvalue weighted by atomic mass is 10.0. The quantitative estimate of drug-likeness (QED) is 0.754. The topological polar surface area (TPSA) is 25.0 Å². The molecule has 0 aliphatic rings. The van der Waals surface area contributed by atoms with Crippen LogP contribution in [0, 0.1) is 0 Å². The zero-order valence-corrected chi connectivity index (χ0v) is 12.2. The van der Waals surface area contributed by atoms with Crippen molar-refractivity contribution >= 4 is 26.8 Å². The molecule has 0 aliphatic carbocycles. The standard InChI is InChI=1S/C16H14BrNO/c1-19-13-6-7-16-14(9-13)12(10-18-16)8-11-4-2-3-5-15(11)17/h2-7,9-10,18H,8H2,1H3. The fraction of sp³-hybridized carbons (Fsp3) is 0.125. The van der Waals surface area contributed by atoms with Crippen molar-refractivity contribution in [2.45, 2.75) is 6.42 Å². The zero-order chi connectivity index (χ0) is 13.2. The number of ether oxygens (including phenoxy) is 1. The average molecular weight is 316 g/mol.